The Bertz CT molecular complexity index is 290. The number of nitrogens with zero attached hydrogens (tertiary/aromatic N) is 1. The van der Waals surface area contributed by atoms with Gasteiger partial charge in [0, 0.05) is 24.2 Å². The molecule has 0 spiro atoms. The van der Waals surface area contributed by atoms with Crippen LogP contribution in [0.15, 0.2) is 0 Å². The smallest absolute Gasteiger partial charge is 0.0129 e. The predicted molar refractivity (Wildman–Crippen MR) is 86.0 cm³/mol. The van der Waals surface area contributed by atoms with Crippen LogP contribution in [0.3, 0.4) is 0 Å². The van der Waals surface area contributed by atoms with Crippen molar-refractivity contribution in [1.29, 1.82) is 0 Å². The van der Waals surface area contributed by atoms with Crippen molar-refractivity contribution in [1.82, 2.24) is 10.2 Å². The fourth-order valence-electron chi connectivity index (χ4n) is 5.47. The van der Waals surface area contributed by atoms with Crippen molar-refractivity contribution in [3.05, 3.63) is 0 Å². The second kappa shape index (κ2) is 6.79. The lowest BCUT2D eigenvalue weighted by Crippen LogP contribution is -2.61. The molecule has 20 heavy (non-hydrogen) atoms. The molecule has 2 heterocycles. The van der Waals surface area contributed by atoms with E-state index in [1.54, 1.807) is 0 Å². The quantitative estimate of drug-likeness (QED) is 0.837. The molecule has 116 valence electrons. The van der Waals surface area contributed by atoms with Crippen LogP contribution < -0.4 is 5.32 Å². The maximum atomic E-state index is 3.74. The third-order valence-electron chi connectivity index (χ3n) is 6.30. The molecule has 4 atom stereocenters. The highest BCUT2D eigenvalue weighted by Crippen LogP contribution is 2.41. The molecule has 3 fully saturated rings. The number of hydrogen-bond donors (Lipinski definition) is 1. The zero-order valence-electron chi connectivity index (χ0n) is 13.6. The first-order valence-corrected chi connectivity index (χ1v) is 9.34. The molecule has 4 unspecified atom stereocenters. The summed E-state index contributed by atoms with van der Waals surface area (Å²) in [5.41, 5.74) is 0. The van der Waals surface area contributed by atoms with Gasteiger partial charge in [0.2, 0.25) is 0 Å². The molecule has 1 saturated carbocycles. The first-order chi connectivity index (χ1) is 9.83. The van der Waals surface area contributed by atoms with Gasteiger partial charge in [0.25, 0.3) is 0 Å². The van der Waals surface area contributed by atoms with E-state index in [2.05, 4.69) is 24.1 Å². The number of nitrogens with one attached hydrogen (secondary N) is 1. The van der Waals surface area contributed by atoms with Gasteiger partial charge in [-0.15, -0.1) is 0 Å². The van der Waals surface area contributed by atoms with E-state index in [-0.39, 0.29) is 0 Å². The summed E-state index contributed by atoms with van der Waals surface area (Å²) in [6.45, 7) is 5.83. The van der Waals surface area contributed by atoms with E-state index < -0.39 is 0 Å². The molecule has 0 aromatic heterocycles. The molecule has 2 heteroatoms. The van der Waals surface area contributed by atoms with Crippen molar-refractivity contribution >= 4 is 0 Å². The first-order valence-electron chi connectivity index (χ1n) is 9.34. The minimum Gasteiger partial charge on any atom is -0.314 e. The van der Waals surface area contributed by atoms with E-state index in [9.17, 15) is 0 Å². The van der Waals surface area contributed by atoms with E-state index in [0.717, 1.165) is 36.6 Å². The molecule has 3 aliphatic rings. The summed E-state index contributed by atoms with van der Waals surface area (Å²) in [7, 11) is 0. The molecule has 0 aromatic carbocycles. The number of piperidine rings is 2. The van der Waals surface area contributed by atoms with Crippen molar-refractivity contribution in [2.45, 2.75) is 102 Å². The second-order valence-corrected chi connectivity index (χ2v) is 7.43. The summed E-state index contributed by atoms with van der Waals surface area (Å²) in [6, 6.07) is 3.51. The van der Waals surface area contributed by atoms with Crippen LogP contribution in [0.4, 0.5) is 0 Å². The molecule has 2 saturated heterocycles. The summed E-state index contributed by atoms with van der Waals surface area (Å²) in [5, 5.41) is 3.74. The van der Waals surface area contributed by atoms with Crippen molar-refractivity contribution in [2.24, 2.45) is 5.92 Å². The Hall–Kier alpha value is -0.0800. The standard InChI is InChI=1S/C18H34N2/c1-3-14-8-5-6-11-18(14)20-16-9-7-10-17(20)13-15(12-16)19-4-2/h14-19H,3-13H2,1-2H3. The Kier molecular flexibility index (Phi) is 5.04. The molecule has 0 aromatic rings. The van der Waals surface area contributed by atoms with Crippen LogP contribution >= 0.6 is 0 Å². The normalized spacial score (nSPS) is 42.6. The van der Waals surface area contributed by atoms with Gasteiger partial charge in [-0.3, -0.25) is 4.90 Å². The van der Waals surface area contributed by atoms with Crippen LogP contribution in [0.2, 0.25) is 0 Å². The van der Waals surface area contributed by atoms with Crippen molar-refractivity contribution in [3.8, 4) is 0 Å². The fraction of sp³-hybridized carbons (Fsp3) is 1.00. The van der Waals surface area contributed by atoms with Crippen molar-refractivity contribution in [2.75, 3.05) is 6.54 Å². The van der Waals surface area contributed by atoms with E-state index >= 15 is 0 Å². The Morgan fingerprint density at radius 3 is 2.25 bits per heavy atom. The van der Waals surface area contributed by atoms with Gasteiger partial charge in [-0.05, 0) is 51.0 Å². The van der Waals surface area contributed by atoms with Gasteiger partial charge in [-0.2, -0.15) is 0 Å². The maximum Gasteiger partial charge on any atom is 0.0129 e. The lowest BCUT2D eigenvalue weighted by Gasteiger charge is -2.55. The maximum absolute atomic E-state index is 3.74. The lowest BCUT2D eigenvalue weighted by molar-refractivity contribution is -0.0424. The van der Waals surface area contributed by atoms with E-state index in [4.69, 9.17) is 0 Å². The highest BCUT2D eigenvalue weighted by Gasteiger charge is 2.43. The van der Waals surface area contributed by atoms with Crippen molar-refractivity contribution in [3.63, 3.8) is 0 Å². The van der Waals surface area contributed by atoms with Gasteiger partial charge in [0.1, 0.15) is 0 Å². The average Bonchev–Trinajstić information content (AvgIpc) is 2.46. The summed E-state index contributed by atoms with van der Waals surface area (Å²) in [6.07, 6.45) is 14.6. The van der Waals surface area contributed by atoms with Gasteiger partial charge in [0.05, 0.1) is 0 Å². The number of fused-ring (bicyclic) bond motifs is 2. The SMILES string of the molecule is CCNC1CC2CCCC(C1)N2C1CCCCC1CC. The number of rotatable bonds is 4. The van der Waals surface area contributed by atoms with Gasteiger partial charge >= 0.3 is 0 Å². The average molecular weight is 278 g/mol. The van der Waals surface area contributed by atoms with Gasteiger partial charge < -0.3 is 5.32 Å². The molecule has 0 radical (unpaired) electrons. The Morgan fingerprint density at radius 2 is 1.60 bits per heavy atom. The zero-order chi connectivity index (χ0) is 13.9. The van der Waals surface area contributed by atoms with Crippen LogP contribution in [0.1, 0.15) is 78.1 Å². The minimum absolute atomic E-state index is 0.801. The van der Waals surface area contributed by atoms with Crippen LogP contribution in [-0.4, -0.2) is 35.6 Å². The van der Waals surface area contributed by atoms with Gasteiger partial charge in [-0.1, -0.05) is 39.5 Å². The van der Waals surface area contributed by atoms with Crippen LogP contribution in [0.5, 0.6) is 0 Å². The molecule has 0 amide bonds. The fourth-order valence-corrected chi connectivity index (χ4v) is 5.47. The zero-order valence-corrected chi connectivity index (χ0v) is 13.6. The molecule has 2 bridgehead atoms. The monoisotopic (exact) mass is 278 g/mol. The minimum atomic E-state index is 0.801. The highest BCUT2D eigenvalue weighted by molar-refractivity contribution is 4.99. The second-order valence-electron chi connectivity index (χ2n) is 7.43. The summed E-state index contributed by atoms with van der Waals surface area (Å²) < 4.78 is 0. The molecular formula is C18H34N2. The van der Waals surface area contributed by atoms with E-state index in [1.165, 1.54) is 64.2 Å². The first kappa shape index (κ1) is 14.8. The summed E-state index contributed by atoms with van der Waals surface area (Å²) >= 11 is 0. The molecular weight excluding hydrogens is 244 g/mol. The Balaban J connectivity index is 1.72. The van der Waals surface area contributed by atoms with Gasteiger partial charge in [0.15, 0.2) is 0 Å². The summed E-state index contributed by atoms with van der Waals surface area (Å²) in [5.74, 6) is 0.988. The Morgan fingerprint density at radius 1 is 0.900 bits per heavy atom. The van der Waals surface area contributed by atoms with Crippen molar-refractivity contribution < 1.29 is 0 Å². The topological polar surface area (TPSA) is 15.3 Å². The molecule has 1 aliphatic carbocycles. The molecule has 1 N–H and O–H groups in total. The highest BCUT2D eigenvalue weighted by atomic mass is 15.2. The summed E-state index contributed by atoms with van der Waals surface area (Å²) in [4.78, 5) is 3.03. The lowest BCUT2D eigenvalue weighted by atomic mass is 9.75. The molecule has 3 rings (SSSR count). The van der Waals surface area contributed by atoms with Crippen LogP contribution in [-0.2, 0) is 0 Å². The predicted octanol–water partition coefficient (Wildman–Crippen LogP) is 3.95. The third kappa shape index (κ3) is 2.92. The van der Waals surface area contributed by atoms with Crippen LogP contribution in [0, 0.1) is 5.92 Å². The largest absolute Gasteiger partial charge is 0.314 e. The van der Waals surface area contributed by atoms with Gasteiger partial charge in [-0.25, -0.2) is 0 Å². The number of hydrogen-bond acceptors (Lipinski definition) is 2. The third-order valence-corrected chi connectivity index (χ3v) is 6.30. The molecule has 2 aliphatic heterocycles. The molecule has 2 nitrogen and oxygen atoms in total. The Labute approximate surface area is 125 Å². The van der Waals surface area contributed by atoms with E-state index in [0.29, 0.717) is 0 Å². The van der Waals surface area contributed by atoms with E-state index in [1.807, 2.05) is 0 Å². The van der Waals surface area contributed by atoms with Crippen LogP contribution in [0.25, 0.3) is 0 Å².